The van der Waals surface area contributed by atoms with E-state index >= 15 is 0 Å². The number of para-hydroxylation sites is 1. The van der Waals surface area contributed by atoms with Gasteiger partial charge in [0.2, 0.25) is 5.91 Å². The van der Waals surface area contributed by atoms with Gasteiger partial charge in [-0.1, -0.05) is 18.2 Å². The molecule has 0 spiro atoms. The molecule has 86 valence electrons. The summed E-state index contributed by atoms with van der Waals surface area (Å²) in [6.45, 7) is 5.22. The summed E-state index contributed by atoms with van der Waals surface area (Å²) in [5.74, 6) is 2.70. The quantitative estimate of drug-likeness (QED) is 0.824. The third-order valence-electron chi connectivity index (χ3n) is 1.88. The van der Waals surface area contributed by atoms with Crippen molar-refractivity contribution in [2.75, 3.05) is 0 Å². The third kappa shape index (κ3) is 4.57. The fourth-order valence-electron chi connectivity index (χ4n) is 1.18. The number of rotatable bonds is 5. The fraction of sp³-hybridized carbons (Fsp3) is 0.250. The van der Waals surface area contributed by atoms with Crippen molar-refractivity contribution in [2.24, 2.45) is 0 Å². The summed E-state index contributed by atoms with van der Waals surface area (Å²) in [6, 6.07) is 6.98. The smallest absolute Gasteiger partial charge is 0.217 e. The number of nitrogens with one attached hydrogen (secondary N) is 1. The second kappa shape index (κ2) is 6.43. The topological polar surface area (TPSA) is 49.3 Å². The second-order valence-corrected chi connectivity index (χ2v) is 4.28. The molecular weight excluding hydrogens is 222 g/mol. The van der Waals surface area contributed by atoms with Gasteiger partial charge in [-0.15, -0.1) is 0 Å². The van der Waals surface area contributed by atoms with Crippen LogP contribution in [0.1, 0.15) is 12.5 Å². The first-order chi connectivity index (χ1) is 7.59. The summed E-state index contributed by atoms with van der Waals surface area (Å²) in [6.07, 6.45) is 0. The normalized spacial score (nSPS) is 12.1. The number of aromatic hydroxyl groups is 1. The Morgan fingerprint density at radius 2 is 2.31 bits per heavy atom. The van der Waals surface area contributed by atoms with E-state index in [9.17, 15) is 9.90 Å². The highest BCUT2D eigenvalue weighted by Gasteiger charge is 2.05. The summed E-state index contributed by atoms with van der Waals surface area (Å²) < 4.78 is 0. The van der Waals surface area contributed by atoms with Gasteiger partial charge in [-0.3, -0.25) is 4.79 Å². The molecule has 1 rings (SSSR count). The lowest BCUT2D eigenvalue weighted by Gasteiger charge is -2.11. The van der Waals surface area contributed by atoms with Gasteiger partial charge in [0.15, 0.2) is 0 Å². The molecule has 0 aromatic heterocycles. The van der Waals surface area contributed by atoms with E-state index in [1.165, 1.54) is 18.7 Å². The molecule has 4 heteroatoms. The van der Waals surface area contributed by atoms with Crippen LogP contribution in [0, 0.1) is 12.7 Å². The molecule has 1 atom stereocenters. The van der Waals surface area contributed by atoms with Crippen molar-refractivity contribution in [2.45, 2.75) is 18.7 Å². The van der Waals surface area contributed by atoms with Crippen LogP contribution in [0.15, 0.2) is 24.3 Å². The standard InChI is InChI=1S/C12H15NO2S/c1-9(13-10(2)14)7-16-8-11-5-3-4-6-12(11)15/h3-7,9,15H,1,8H2,2H3,(H,13,14)/t9-/m1/s1. The van der Waals surface area contributed by atoms with E-state index in [0.717, 1.165) is 5.56 Å². The van der Waals surface area contributed by atoms with Crippen LogP contribution in [0.25, 0.3) is 0 Å². The number of hydrogen-bond acceptors (Lipinski definition) is 3. The summed E-state index contributed by atoms with van der Waals surface area (Å²) in [5.41, 5.74) is 0.874. The van der Waals surface area contributed by atoms with Gasteiger partial charge in [0.05, 0.1) is 0 Å². The van der Waals surface area contributed by atoms with Crippen molar-refractivity contribution in [3.63, 3.8) is 0 Å². The monoisotopic (exact) mass is 237 g/mol. The number of benzene rings is 1. The van der Waals surface area contributed by atoms with Crippen LogP contribution in [0.4, 0.5) is 0 Å². The maximum atomic E-state index is 10.7. The molecule has 2 N–H and O–H groups in total. The Hall–Kier alpha value is -1.16. The SMILES string of the molecule is [CH2][C@H]([CH]SCc1ccccc1O)NC(C)=O. The zero-order valence-electron chi connectivity index (χ0n) is 9.14. The van der Waals surface area contributed by atoms with Crippen LogP contribution >= 0.6 is 11.8 Å². The van der Waals surface area contributed by atoms with Crippen LogP contribution in [-0.4, -0.2) is 17.1 Å². The van der Waals surface area contributed by atoms with Crippen molar-refractivity contribution < 1.29 is 9.90 Å². The zero-order chi connectivity index (χ0) is 12.0. The number of carbonyl (C=O) groups excluding carboxylic acids is 1. The molecule has 0 bridgehead atoms. The molecule has 2 radical (unpaired) electrons. The van der Waals surface area contributed by atoms with Crippen LogP contribution < -0.4 is 5.32 Å². The molecule has 0 aliphatic carbocycles. The van der Waals surface area contributed by atoms with E-state index < -0.39 is 0 Å². The van der Waals surface area contributed by atoms with Gasteiger partial charge in [0.1, 0.15) is 5.75 Å². The number of hydrogen-bond donors (Lipinski definition) is 2. The van der Waals surface area contributed by atoms with Crippen molar-refractivity contribution in [3.05, 3.63) is 42.5 Å². The molecular formula is C12H15NO2S. The maximum absolute atomic E-state index is 10.7. The Kier molecular flexibility index (Phi) is 5.19. The largest absolute Gasteiger partial charge is 0.508 e. The molecule has 0 fully saturated rings. The molecule has 0 heterocycles. The molecule has 1 aromatic carbocycles. The number of phenolic OH excluding ortho intramolecular Hbond substituents is 1. The molecule has 3 nitrogen and oxygen atoms in total. The molecule has 0 unspecified atom stereocenters. The second-order valence-electron chi connectivity index (χ2n) is 3.38. The average Bonchev–Trinajstić information content (AvgIpc) is 2.19. The van der Waals surface area contributed by atoms with Crippen LogP contribution in [-0.2, 0) is 10.5 Å². The highest BCUT2D eigenvalue weighted by atomic mass is 32.2. The predicted molar refractivity (Wildman–Crippen MR) is 66.7 cm³/mol. The minimum atomic E-state index is -0.214. The van der Waals surface area contributed by atoms with Gasteiger partial charge in [-0.05, 0) is 13.0 Å². The Morgan fingerprint density at radius 1 is 1.62 bits per heavy atom. The molecule has 1 aromatic rings. The van der Waals surface area contributed by atoms with Gasteiger partial charge in [0.25, 0.3) is 0 Å². The van der Waals surface area contributed by atoms with Crippen LogP contribution in [0.2, 0.25) is 0 Å². The lowest BCUT2D eigenvalue weighted by atomic mass is 10.2. The van der Waals surface area contributed by atoms with E-state index in [4.69, 9.17) is 0 Å². The highest BCUT2D eigenvalue weighted by Crippen LogP contribution is 2.23. The molecule has 0 saturated heterocycles. The van der Waals surface area contributed by atoms with Gasteiger partial charge in [-0.25, -0.2) is 0 Å². The van der Waals surface area contributed by atoms with Gasteiger partial charge >= 0.3 is 0 Å². The Balaban J connectivity index is 2.30. The first-order valence-electron chi connectivity index (χ1n) is 4.91. The predicted octanol–water partition coefficient (Wildman–Crippen LogP) is 2.13. The van der Waals surface area contributed by atoms with E-state index in [0.29, 0.717) is 11.5 Å². The van der Waals surface area contributed by atoms with Crippen molar-refractivity contribution in [3.8, 4) is 5.75 Å². The van der Waals surface area contributed by atoms with Crippen molar-refractivity contribution >= 4 is 17.7 Å². The number of thioether (sulfide) groups is 1. The minimum Gasteiger partial charge on any atom is -0.508 e. The fourth-order valence-corrected chi connectivity index (χ4v) is 2.00. The molecule has 0 aliphatic heterocycles. The Labute approximate surface area is 100 Å². The van der Waals surface area contributed by atoms with Crippen molar-refractivity contribution in [1.82, 2.24) is 5.32 Å². The van der Waals surface area contributed by atoms with E-state index in [1.807, 2.05) is 17.9 Å². The Morgan fingerprint density at radius 3 is 2.94 bits per heavy atom. The van der Waals surface area contributed by atoms with E-state index in [2.05, 4.69) is 12.2 Å². The summed E-state index contributed by atoms with van der Waals surface area (Å²) >= 11 is 1.51. The number of carbonyl (C=O) groups is 1. The zero-order valence-corrected chi connectivity index (χ0v) is 9.96. The number of phenols is 1. The summed E-state index contributed by atoms with van der Waals surface area (Å²) in [4.78, 5) is 10.7. The first-order valence-corrected chi connectivity index (χ1v) is 5.96. The van der Waals surface area contributed by atoms with Crippen LogP contribution in [0.3, 0.4) is 0 Å². The van der Waals surface area contributed by atoms with E-state index in [-0.39, 0.29) is 11.9 Å². The van der Waals surface area contributed by atoms with Crippen LogP contribution in [0.5, 0.6) is 5.75 Å². The average molecular weight is 237 g/mol. The lowest BCUT2D eigenvalue weighted by Crippen LogP contribution is -2.30. The van der Waals surface area contributed by atoms with Gasteiger partial charge < -0.3 is 10.4 Å². The third-order valence-corrected chi connectivity index (χ3v) is 2.88. The minimum absolute atomic E-state index is 0.0978. The molecule has 16 heavy (non-hydrogen) atoms. The van der Waals surface area contributed by atoms with Gasteiger partial charge in [-0.2, -0.15) is 11.8 Å². The first kappa shape index (κ1) is 12.9. The molecule has 0 aliphatic rings. The van der Waals surface area contributed by atoms with Crippen molar-refractivity contribution in [1.29, 1.82) is 0 Å². The maximum Gasteiger partial charge on any atom is 0.217 e. The highest BCUT2D eigenvalue weighted by molar-refractivity contribution is 8.00. The Bertz CT molecular complexity index is 355. The van der Waals surface area contributed by atoms with E-state index in [1.54, 1.807) is 12.1 Å². The van der Waals surface area contributed by atoms with Gasteiger partial charge in [0, 0.05) is 30.0 Å². The molecule has 0 saturated carbocycles. The lowest BCUT2D eigenvalue weighted by molar-refractivity contribution is -0.119. The summed E-state index contributed by atoms with van der Waals surface area (Å²) in [5, 5.41) is 12.2. The summed E-state index contributed by atoms with van der Waals surface area (Å²) in [7, 11) is 0. The molecule has 1 amide bonds. The number of amides is 1.